The maximum Gasteiger partial charge on any atom is 0.310 e. The van der Waals surface area contributed by atoms with E-state index < -0.39 is 0 Å². The van der Waals surface area contributed by atoms with Crippen molar-refractivity contribution in [2.75, 3.05) is 0 Å². The summed E-state index contributed by atoms with van der Waals surface area (Å²) < 4.78 is 4.86. The Morgan fingerprint density at radius 3 is 2.60 bits per heavy atom. The van der Waals surface area contributed by atoms with Crippen LogP contribution in [0.3, 0.4) is 0 Å². The zero-order valence-electron chi connectivity index (χ0n) is 10.2. The molecule has 0 aromatic heterocycles. The third-order valence-corrected chi connectivity index (χ3v) is 2.09. The van der Waals surface area contributed by atoms with Crippen molar-refractivity contribution >= 4 is 5.97 Å². The van der Waals surface area contributed by atoms with Crippen LogP contribution in [0.1, 0.15) is 47.0 Å². The quantitative estimate of drug-likeness (QED) is 0.378. The lowest BCUT2D eigenvalue weighted by atomic mass is 10.0. The normalized spacial score (nSPS) is 14.3. The van der Waals surface area contributed by atoms with Crippen LogP contribution in [0.2, 0.25) is 0 Å². The van der Waals surface area contributed by atoms with E-state index >= 15 is 0 Å². The van der Waals surface area contributed by atoms with E-state index in [9.17, 15) is 4.79 Å². The first-order chi connectivity index (χ1) is 7.10. The van der Waals surface area contributed by atoms with Crippen molar-refractivity contribution < 1.29 is 9.53 Å². The first kappa shape index (κ1) is 13.9. The Bertz CT molecular complexity index is 239. The largest absolute Gasteiger partial charge is 0.435 e. The molecule has 0 aromatic carbocycles. The van der Waals surface area contributed by atoms with Crippen LogP contribution >= 0.6 is 0 Å². The monoisotopic (exact) mass is 210 g/mol. The standard InChI is InChI=1S/C13H22O2/c1-5-7-11(3)10-12(4)8-9-15-13(14)6-2/h7-9,12H,5-6,10H2,1-4H3/b9-8+,11-7+. The molecule has 0 aromatic rings. The van der Waals surface area contributed by atoms with Crippen molar-refractivity contribution in [3.8, 4) is 0 Å². The van der Waals surface area contributed by atoms with Crippen molar-refractivity contribution in [3.05, 3.63) is 24.0 Å². The minimum absolute atomic E-state index is 0.181. The van der Waals surface area contributed by atoms with Crippen LogP contribution in [0, 0.1) is 5.92 Å². The van der Waals surface area contributed by atoms with Gasteiger partial charge in [0.25, 0.3) is 0 Å². The fraction of sp³-hybridized carbons (Fsp3) is 0.615. The molecule has 0 heterocycles. The van der Waals surface area contributed by atoms with Gasteiger partial charge in [-0.2, -0.15) is 0 Å². The molecular weight excluding hydrogens is 188 g/mol. The lowest BCUT2D eigenvalue weighted by molar-refractivity contribution is -0.137. The van der Waals surface area contributed by atoms with E-state index in [0.717, 1.165) is 12.8 Å². The predicted molar refractivity (Wildman–Crippen MR) is 63.4 cm³/mol. The molecule has 15 heavy (non-hydrogen) atoms. The molecule has 0 saturated heterocycles. The van der Waals surface area contributed by atoms with Gasteiger partial charge in [-0.3, -0.25) is 4.79 Å². The van der Waals surface area contributed by atoms with Crippen molar-refractivity contribution in [2.45, 2.75) is 47.0 Å². The smallest absolute Gasteiger partial charge is 0.310 e. The highest BCUT2D eigenvalue weighted by atomic mass is 16.5. The molecule has 1 atom stereocenters. The molecule has 0 N–H and O–H groups in total. The molecule has 0 rings (SSSR count). The Morgan fingerprint density at radius 2 is 2.07 bits per heavy atom. The Hall–Kier alpha value is -1.05. The summed E-state index contributed by atoms with van der Waals surface area (Å²) >= 11 is 0. The van der Waals surface area contributed by atoms with E-state index in [2.05, 4.69) is 26.8 Å². The molecule has 0 saturated carbocycles. The maximum atomic E-state index is 10.8. The van der Waals surface area contributed by atoms with Gasteiger partial charge in [0.1, 0.15) is 0 Å². The fourth-order valence-corrected chi connectivity index (χ4v) is 1.34. The van der Waals surface area contributed by atoms with Gasteiger partial charge >= 0.3 is 5.97 Å². The van der Waals surface area contributed by atoms with Crippen LogP contribution in [0.5, 0.6) is 0 Å². The molecule has 0 bridgehead atoms. The number of carbonyl (C=O) groups excluding carboxylic acids is 1. The number of ether oxygens (including phenoxy) is 1. The average molecular weight is 210 g/mol. The van der Waals surface area contributed by atoms with Gasteiger partial charge in [0.2, 0.25) is 0 Å². The lowest BCUT2D eigenvalue weighted by Crippen LogP contribution is -1.97. The number of carbonyl (C=O) groups is 1. The Morgan fingerprint density at radius 1 is 1.40 bits per heavy atom. The summed E-state index contributed by atoms with van der Waals surface area (Å²) in [7, 11) is 0. The van der Waals surface area contributed by atoms with Crippen LogP contribution in [0.15, 0.2) is 24.0 Å². The molecule has 0 radical (unpaired) electrons. The molecule has 1 unspecified atom stereocenters. The van der Waals surface area contributed by atoms with E-state index in [4.69, 9.17) is 4.74 Å². The summed E-state index contributed by atoms with van der Waals surface area (Å²) in [6, 6.07) is 0. The van der Waals surface area contributed by atoms with Crippen molar-refractivity contribution in [3.63, 3.8) is 0 Å². The molecule has 0 amide bonds. The summed E-state index contributed by atoms with van der Waals surface area (Å²) in [5.74, 6) is 0.233. The summed E-state index contributed by atoms with van der Waals surface area (Å²) in [5.41, 5.74) is 1.39. The van der Waals surface area contributed by atoms with Gasteiger partial charge in [0.15, 0.2) is 0 Å². The third-order valence-electron chi connectivity index (χ3n) is 2.09. The summed E-state index contributed by atoms with van der Waals surface area (Å²) in [5, 5.41) is 0. The highest BCUT2D eigenvalue weighted by molar-refractivity contribution is 5.69. The highest BCUT2D eigenvalue weighted by Gasteiger charge is 1.99. The Kier molecular flexibility index (Phi) is 7.69. The van der Waals surface area contributed by atoms with Gasteiger partial charge in [-0.05, 0) is 31.8 Å². The highest BCUT2D eigenvalue weighted by Crippen LogP contribution is 2.12. The van der Waals surface area contributed by atoms with Crippen molar-refractivity contribution in [2.24, 2.45) is 5.92 Å². The van der Waals surface area contributed by atoms with Gasteiger partial charge < -0.3 is 4.74 Å². The average Bonchev–Trinajstić information content (AvgIpc) is 2.17. The van der Waals surface area contributed by atoms with Crippen LogP contribution in [-0.2, 0) is 9.53 Å². The number of rotatable bonds is 6. The van der Waals surface area contributed by atoms with Gasteiger partial charge in [0, 0.05) is 6.42 Å². The topological polar surface area (TPSA) is 26.3 Å². The first-order valence-corrected chi connectivity index (χ1v) is 5.61. The van der Waals surface area contributed by atoms with E-state index in [0.29, 0.717) is 12.3 Å². The summed E-state index contributed by atoms with van der Waals surface area (Å²) in [6.07, 6.45) is 8.19. The van der Waals surface area contributed by atoms with Crippen molar-refractivity contribution in [1.29, 1.82) is 0 Å². The van der Waals surface area contributed by atoms with Crippen LogP contribution < -0.4 is 0 Å². The zero-order chi connectivity index (χ0) is 11.7. The van der Waals surface area contributed by atoms with Crippen LogP contribution in [-0.4, -0.2) is 5.97 Å². The summed E-state index contributed by atoms with van der Waals surface area (Å²) in [4.78, 5) is 10.8. The zero-order valence-corrected chi connectivity index (χ0v) is 10.2. The minimum atomic E-state index is -0.181. The molecular formula is C13H22O2. The number of allylic oxidation sites excluding steroid dienone is 3. The van der Waals surface area contributed by atoms with Gasteiger partial charge in [-0.1, -0.05) is 32.4 Å². The van der Waals surface area contributed by atoms with Crippen LogP contribution in [0.4, 0.5) is 0 Å². The molecule has 0 aliphatic carbocycles. The van der Waals surface area contributed by atoms with Crippen LogP contribution in [0.25, 0.3) is 0 Å². The molecule has 86 valence electrons. The third kappa shape index (κ3) is 7.98. The lowest BCUT2D eigenvalue weighted by Gasteiger charge is -2.06. The Balaban J connectivity index is 3.87. The van der Waals surface area contributed by atoms with E-state index in [1.165, 1.54) is 11.8 Å². The molecule has 0 spiro atoms. The first-order valence-electron chi connectivity index (χ1n) is 5.61. The van der Waals surface area contributed by atoms with Crippen molar-refractivity contribution in [1.82, 2.24) is 0 Å². The van der Waals surface area contributed by atoms with E-state index in [-0.39, 0.29) is 5.97 Å². The molecule has 2 nitrogen and oxygen atoms in total. The second kappa shape index (κ2) is 8.27. The second-order valence-electron chi connectivity index (χ2n) is 3.81. The van der Waals surface area contributed by atoms with Gasteiger partial charge in [-0.15, -0.1) is 0 Å². The molecule has 0 fully saturated rings. The SMILES string of the molecule is CC/C=C(\C)CC(C)/C=C/OC(=O)CC. The second-order valence-corrected chi connectivity index (χ2v) is 3.81. The summed E-state index contributed by atoms with van der Waals surface area (Å²) in [6.45, 7) is 8.16. The molecule has 0 aliphatic rings. The maximum absolute atomic E-state index is 10.8. The fourth-order valence-electron chi connectivity index (χ4n) is 1.34. The minimum Gasteiger partial charge on any atom is -0.435 e. The van der Waals surface area contributed by atoms with E-state index in [1.54, 1.807) is 6.92 Å². The van der Waals surface area contributed by atoms with Gasteiger partial charge in [0.05, 0.1) is 6.26 Å². The molecule has 2 heteroatoms. The predicted octanol–water partition coefficient (Wildman–Crippen LogP) is 3.84. The number of esters is 1. The Labute approximate surface area is 93.0 Å². The van der Waals surface area contributed by atoms with Gasteiger partial charge in [-0.25, -0.2) is 0 Å². The molecule has 0 aliphatic heterocycles. The number of hydrogen-bond acceptors (Lipinski definition) is 2. The van der Waals surface area contributed by atoms with E-state index in [1.807, 2.05) is 6.08 Å². The number of hydrogen-bond donors (Lipinski definition) is 0.